The maximum Gasteiger partial charge on any atom is 0.137 e. The number of likely N-dealkylation sites (tertiary alicyclic amines) is 1. The van der Waals surface area contributed by atoms with E-state index in [2.05, 4.69) is 4.90 Å². The first kappa shape index (κ1) is 12.1. The van der Waals surface area contributed by atoms with Crippen LogP contribution >= 0.6 is 0 Å². The SMILES string of the molecule is O=C1CCCCC[C@@H]1CN1CCC[C@H]1CO. The van der Waals surface area contributed by atoms with Crippen LogP contribution in [0.3, 0.4) is 0 Å². The molecule has 0 amide bonds. The van der Waals surface area contributed by atoms with Crippen LogP contribution in [-0.2, 0) is 4.79 Å². The number of nitrogens with zero attached hydrogens (tertiary/aromatic N) is 1. The van der Waals surface area contributed by atoms with Crippen LogP contribution in [0.5, 0.6) is 0 Å². The van der Waals surface area contributed by atoms with Crippen LogP contribution < -0.4 is 0 Å². The minimum atomic E-state index is 0.245. The highest BCUT2D eigenvalue weighted by atomic mass is 16.3. The number of carbonyl (C=O) groups is 1. The van der Waals surface area contributed by atoms with E-state index >= 15 is 0 Å². The van der Waals surface area contributed by atoms with Crippen molar-refractivity contribution in [3.8, 4) is 0 Å². The van der Waals surface area contributed by atoms with Gasteiger partial charge in [-0.2, -0.15) is 0 Å². The van der Waals surface area contributed by atoms with Gasteiger partial charge in [0.1, 0.15) is 5.78 Å². The van der Waals surface area contributed by atoms with Gasteiger partial charge in [0.25, 0.3) is 0 Å². The fraction of sp³-hybridized carbons (Fsp3) is 0.923. The molecule has 0 aromatic rings. The first-order valence-corrected chi connectivity index (χ1v) is 6.69. The number of hydrogen-bond acceptors (Lipinski definition) is 3. The Labute approximate surface area is 97.8 Å². The lowest BCUT2D eigenvalue weighted by Crippen LogP contribution is -2.38. The van der Waals surface area contributed by atoms with E-state index in [4.69, 9.17) is 0 Å². The van der Waals surface area contributed by atoms with Gasteiger partial charge in [0.15, 0.2) is 0 Å². The van der Waals surface area contributed by atoms with E-state index in [1.807, 2.05) is 0 Å². The van der Waals surface area contributed by atoms with E-state index in [0.717, 1.165) is 38.8 Å². The summed E-state index contributed by atoms with van der Waals surface area (Å²) in [5.74, 6) is 0.704. The van der Waals surface area contributed by atoms with Crippen LogP contribution in [0.25, 0.3) is 0 Å². The van der Waals surface area contributed by atoms with Crippen molar-refractivity contribution >= 4 is 5.78 Å². The molecule has 1 aliphatic carbocycles. The van der Waals surface area contributed by atoms with Crippen molar-refractivity contribution in [1.29, 1.82) is 0 Å². The van der Waals surface area contributed by atoms with Gasteiger partial charge in [-0.1, -0.05) is 12.8 Å². The van der Waals surface area contributed by atoms with Gasteiger partial charge in [0.05, 0.1) is 6.61 Å². The molecule has 3 nitrogen and oxygen atoms in total. The van der Waals surface area contributed by atoms with Gasteiger partial charge in [-0.3, -0.25) is 9.69 Å². The second kappa shape index (κ2) is 5.78. The van der Waals surface area contributed by atoms with Crippen molar-refractivity contribution in [1.82, 2.24) is 4.90 Å². The zero-order valence-electron chi connectivity index (χ0n) is 10.0. The van der Waals surface area contributed by atoms with E-state index in [1.54, 1.807) is 0 Å². The summed E-state index contributed by atoms with van der Waals surface area (Å²) in [6.07, 6.45) is 7.61. The van der Waals surface area contributed by atoms with E-state index < -0.39 is 0 Å². The third-order valence-electron chi connectivity index (χ3n) is 4.10. The topological polar surface area (TPSA) is 40.5 Å². The lowest BCUT2D eigenvalue weighted by Gasteiger charge is -2.26. The molecule has 1 heterocycles. The number of ketones is 1. The lowest BCUT2D eigenvalue weighted by molar-refractivity contribution is -0.123. The van der Waals surface area contributed by atoms with Gasteiger partial charge in [-0.25, -0.2) is 0 Å². The Kier molecular flexibility index (Phi) is 4.36. The molecule has 0 bridgehead atoms. The van der Waals surface area contributed by atoms with Crippen molar-refractivity contribution < 1.29 is 9.90 Å². The fourth-order valence-corrected chi connectivity index (χ4v) is 3.05. The fourth-order valence-electron chi connectivity index (χ4n) is 3.05. The summed E-state index contributed by atoms with van der Waals surface area (Å²) in [6, 6.07) is 0.316. The molecule has 0 spiro atoms. The van der Waals surface area contributed by atoms with Gasteiger partial charge in [0, 0.05) is 24.9 Å². The zero-order valence-corrected chi connectivity index (χ0v) is 10.0. The molecule has 0 aromatic heterocycles. The molecular weight excluding hydrogens is 202 g/mol. The first-order valence-electron chi connectivity index (χ1n) is 6.69. The minimum Gasteiger partial charge on any atom is -0.395 e. The Hall–Kier alpha value is -0.410. The quantitative estimate of drug-likeness (QED) is 0.742. The van der Waals surface area contributed by atoms with Crippen LogP contribution in [0.4, 0.5) is 0 Å². The number of aliphatic hydroxyl groups is 1. The largest absolute Gasteiger partial charge is 0.395 e. The second-order valence-electron chi connectivity index (χ2n) is 5.24. The average molecular weight is 225 g/mol. The molecule has 1 N–H and O–H groups in total. The molecule has 1 saturated carbocycles. The van der Waals surface area contributed by atoms with Crippen molar-refractivity contribution in [3.05, 3.63) is 0 Å². The summed E-state index contributed by atoms with van der Waals surface area (Å²) in [6.45, 7) is 2.21. The van der Waals surface area contributed by atoms with E-state index in [1.165, 1.54) is 19.3 Å². The summed E-state index contributed by atoms with van der Waals surface area (Å²) >= 11 is 0. The van der Waals surface area contributed by atoms with Crippen LogP contribution in [0.15, 0.2) is 0 Å². The number of carbonyl (C=O) groups excluding carboxylic acids is 1. The van der Waals surface area contributed by atoms with Crippen LogP contribution in [-0.4, -0.2) is 41.5 Å². The second-order valence-corrected chi connectivity index (χ2v) is 5.24. The third-order valence-corrected chi connectivity index (χ3v) is 4.10. The number of Topliss-reactive ketones (excluding diaryl/α,β-unsaturated/α-hetero) is 1. The Balaban J connectivity index is 1.89. The van der Waals surface area contributed by atoms with Crippen molar-refractivity contribution in [2.45, 2.75) is 51.0 Å². The maximum atomic E-state index is 11.9. The van der Waals surface area contributed by atoms with E-state index in [-0.39, 0.29) is 12.5 Å². The molecule has 0 unspecified atom stereocenters. The highest BCUT2D eigenvalue weighted by Gasteiger charge is 2.29. The minimum absolute atomic E-state index is 0.245. The smallest absolute Gasteiger partial charge is 0.137 e. The lowest BCUT2D eigenvalue weighted by atomic mass is 9.98. The molecule has 0 radical (unpaired) electrons. The zero-order chi connectivity index (χ0) is 11.4. The van der Waals surface area contributed by atoms with Gasteiger partial charge in [0.2, 0.25) is 0 Å². The standard InChI is InChI=1S/C13H23NO2/c15-10-12-6-4-8-14(12)9-11-5-2-1-3-7-13(11)16/h11-12,15H,1-10H2/t11-,12+/m1/s1. The molecule has 2 aliphatic rings. The van der Waals surface area contributed by atoms with Gasteiger partial charge in [-0.15, -0.1) is 0 Å². The molecule has 92 valence electrons. The third kappa shape index (κ3) is 2.83. The summed E-state index contributed by atoms with van der Waals surface area (Å²) in [5.41, 5.74) is 0. The predicted octanol–water partition coefficient (Wildman–Crippen LogP) is 1.59. The number of hydrogen-bond donors (Lipinski definition) is 1. The average Bonchev–Trinajstić information content (AvgIpc) is 2.64. The van der Waals surface area contributed by atoms with E-state index in [9.17, 15) is 9.90 Å². The normalized spacial score (nSPS) is 32.9. The van der Waals surface area contributed by atoms with Gasteiger partial charge < -0.3 is 5.11 Å². The van der Waals surface area contributed by atoms with Gasteiger partial charge >= 0.3 is 0 Å². The molecule has 0 aromatic carbocycles. The van der Waals surface area contributed by atoms with E-state index in [0.29, 0.717) is 11.8 Å². The highest BCUT2D eigenvalue weighted by Crippen LogP contribution is 2.24. The van der Waals surface area contributed by atoms with Crippen LogP contribution in [0, 0.1) is 5.92 Å². The molecule has 2 fully saturated rings. The summed E-state index contributed by atoms with van der Waals surface area (Å²) < 4.78 is 0. The van der Waals surface area contributed by atoms with Crippen molar-refractivity contribution in [2.24, 2.45) is 5.92 Å². The van der Waals surface area contributed by atoms with Crippen LogP contribution in [0.1, 0.15) is 44.9 Å². The molecule has 3 heteroatoms. The number of aliphatic hydroxyl groups excluding tert-OH is 1. The Morgan fingerprint density at radius 1 is 1.19 bits per heavy atom. The Morgan fingerprint density at radius 3 is 2.88 bits per heavy atom. The van der Waals surface area contributed by atoms with Crippen molar-refractivity contribution in [3.63, 3.8) is 0 Å². The number of rotatable bonds is 3. The van der Waals surface area contributed by atoms with Crippen LogP contribution in [0.2, 0.25) is 0 Å². The molecule has 2 rings (SSSR count). The molecular formula is C13H23NO2. The molecule has 1 aliphatic heterocycles. The summed E-state index contributed by atoms with van der Waals surface area (Å²) in [5, 5.41) is 9.26. The summed E-state index contributed by atoms with van der Waals surface area (Å²) in [4.78, 5) is 14.2. The molecule has 1 saturated heterocycles. The highest BCUT2D eigenvalue weighted by molar-refractivity contribution is 5.81. The monoisotopic (exact) mass is 225 g/mol. The predicted molar refractivity (Wildman–Crippen MR) is 63.3 cm³/mol. The molecule has 16 heavy (non-hydrogen) atoms. The van der Waals surface area contributed by atoms with Gasteiger partial charge in [-0.05, 0) is 32.2 Å². The molecule has 2 atom stereocenters. The Morgan fingerprint density at radius 2 is 2.06 bits per heavy atom. The Bertz CT molecular complexity index is 242. The van der Waals surface area contributed by atoms with Crippen molar-refractivity contribution in [2.75, 3.05) is 19.7 Å². The maximum absolute atomic E-state index is 11.9. The first-order chi connectivity index (χ1) is 7.81. The summed E-state index contributed by atoms with van der Waals surface area (Å²) in [7, 11) is 0.